The third-order valence-corrected chi connectivity index (χ3v) is 5.20. The van der Waals surface area contributed by atoms with Gasteiger partial charge in [-0.15, -0.1) is 0 Å². The molecule has 2 aromatic carbocycles. The molecule has 146 valence electrons. The lowest BCUT2D eigenvalue weighted by Crippen LogP contribution is -2.39. The number of aliphatic hydroxyl groups is 1. The highest BCUT2D eigenvalue weighted by Gasteiger charge is 2.17. The van der Waals surface area contributed by atoms with Gasteiger partial charge in [0, 0.05) is 41.4 Å². The molecule has 2 heterocycles. The van der Waals surface area contributed by atoms with Gasteiger partial charge in [0.2, 0.25) is 0 Å². The zero-order valence-electron chi connectivity index (χ0n) is 15.7. The van der Waals surface area contributed by atoms with Gasteiger partial charge < -0.3 is 25.0 Å². The number of amides is 1. The number of hydrogen-bond acceptors (Lipinski definition) is 4. The fourth-order valence-electron chi connectivity index (χ4n) is 3.64. The van der Waals surface area contributed by atoms with E-state index >= 15 is 0 Å². The molecule has 0 bridgehead atoms. The van der Waals surface area contributed by atoms with Crippen LogP contribution in [0.2, 0.25) is 0 Å². The Morgan fingerprint density at radius 2 is 1.89 bits per heavy atom. The molecule has 1 aliphatic rings. The van der Waals surface area contributed by atoms with Gasteiger partial charge in [-0.3, -0.25) is 4.79 Å². The number of aromatic amines is 1. The lowest BCUT2D eigenvalue weighted by molar-refractivity contribution is 0.0916. The van der Waals surface area contributed by atoms with Gasteiger partial charge in [0.05, 0.1) is 25.9 Å². The van der Waals surface area contributed by atoms with Gasteiger partial charge in [0.25, 0.3) is 5.91 Å². The Balaban J connectivity index is 1.41. The summed E-state index contributed by atoms with van der Waals surface area (Å²) in [5, 5.41) is 13.8. The van der Waals surface area contributed by atoms with Crippen molar-refractivity contribution in [3.63, 3.8) is 0 Å². The second kappa shape index (κ2) is 8.46. The second-order valence-corrected chi connectivity index (χ2v) is 7.06. The molecule has 4 rings (SSSR count). The first-order chi connectivity index (χ1) is 13.7. The van der Waals surface area contributed by atoms with E-state index in [0.717, 1.165) is 48.5 Å². The van der Waals surface area contributed by atoms with E-state index in [2.05, 4.69) is 15.2 Å². The molecule has 1 saturated heterocycles. The molecule has 1 aliphatic heterocycles. The predicted octanol–water partition coefficient (Wildman–Crippen LogP) is 2.34. The molecule has 1 atom stereocenters. The summed E-state index contributed by atoms with van der Waals surface area (Å²) in [6.45, 7) is 3.07. The summed E-state index contributed by atoms with van der Waals surface area (Å²) in [7, 11) is 0. The minimum absolute atomic E-state index is 0.114. The summed E-state index contributed by atoms with van der Waals surface area (Å²) in [4.78, 5) is 18.1. The number of aliphatic hydroxyl groups excluding tert-OH is 1. The molecular weight excluding hydrogens is 354 g/mol. The van der Waals surface area contributed by atoms with Crippen LogP contribution in [0.25, 0.3) is 10.9 Å². The van der Waals surface area contributed by atoms with E-state index in [1.165, 1.54) is 0 Å². The minimum atomic E-state index is -0.342. The zero-order chi connectivity index (χ0) is 19.3. The molecule has 0 aliphatic carbocycles. The molecule has 1 fully saturated rings. The fourth-order valence-corrected chi connectivity index (χ4v) is 3.64. The number of hydrogen-bond donors (Lipinski definition) is 3. The highest BCUT2D eigenvalue weighted by molar-refractivity contribution is 5.94. The lowest BCUT2D eigenvalue weighted by Gasteiger charge is -2.28. The number of benzene rings is 2. The average Bonchev–Trinajstić information content (AvgIpc) is 3.17. The van der Waals surface area contributed by atoms with Crippen molar-refractivity contribution in [1.82, 2.24) is 10.3 Å². The minimum Gasteiger partial charge on any atom is -0.394 e. The molecular formula is C22H25N3O3. The Labute approximate surface area is 164 Å². The summed E-state index contributed by atoms with van der Waals surface area (Å²) in [5.41, 5.74) is 3.82. The highest BCUT2D eigenvalue weighted by Crippen LogP contribution is 2.20. The number of fused-ring (bicyclic) bond motifs is 1. The van der Waals surface area contributed by atoms with Crippen molar-refractivity contribution in [1.29, 1.82) is 0 Å². The molecule has 6 nitrogen and oxygen atoms in total. The second-order valence-electron chi connectivity index (χ2n) is 7.06. The van der Waals surface area contributed by atoms with Crippen LogP contribution < -0.4 is 10.2 Å². The largest absolute Gasteiger partial charge is 0.394 e. The Hall–Kier alpha value is -2.83. The number of nitrogens with zero attached hydrogens (tertiary/aromatic N) is 1. The van der Waals surface area contributed by atoms with E-state index in [0.29, 0.717) is 12.0 Å². The first-order valence-electron chi connectivity index (χ1n) is 9.64. The third kappa shape index (κ3) is 4.03. The van der Waals surface area contributed by atoms with Crippen LogP contribution >= 0.6 is 0 Å². The first kappa shape index (κ1) is 18.5. The number of nitrogens with one attached hydrogen (secondary N) is 2. The Bertz CT molecular complexity index is 930. The quantitative estimate of drug-likeness (QED) is 0.614. The van der Waals surface area contributed by atoms with E-state index < -0.39 is 0 Å². The van der Waals surface area contributed by atoms with Crippen LogP contribution in [0.5, 0.6) is 0 Å². The molecule has 6 heteroatoms. The van der Waals surface area contributed by atoms with E-state index in [4.69, 9.17) is 4.74 Å². The Kier molecular flexibility index (Phi) is 5.60. The van der Waals surface area contributed by atoms with Crippen LogP contribution in [0.3, 0.4) is 0 Å². The topological polar surface area (TPSA) is 77.6 Å². The van der Waals surface area contributed by atoms with Gasteiger partial charge in [-0.25, -0.2) is 0 Å². The number of para-hydroxylation sites is 1. The van der Waals surface area contributed by atoms with Gasteiger partial charge in [0.15, 0.2) is 0 Å². The predicted molar refractivity (Wildman–Crippen MR) is 110 cm³/mol. The number of carbonyl (C=O) groups is 1. The number of ether oxygens (including phenoxy) is 1. The van der Waals surface area contributed by atoms with Crippen molar-refractivity contribution < 1.29 is 14.6 Å². The van der Waals surface area contributed by atoms with Crippen LogP contribution in [0.15, 0.2) is 54.7 Å². The van der Waals surface area contributed by atoms with Crippen LogP contribution in [-0.2, 0) is 11.2 Å². The maximum absolute atomic E-state index is 12.6. The molecule has 28 heavy (non-hydrogen) atoms. The van der Waals surface area contributed by atoms with Crippen molar-refractivity contribution in [2.24, 2.45) is 0 Å². The molecule has 0 unspecified atom stereocenters. The van der Waals surface area contributed by atoms with Gasteiger partial charge in [0.1, 0.15) is 0 Å². The maximum Gasteiger partial charge on any atom is 0.251 e. The SMILES string of the molecule is O=C(N[C@H](CO)Cc1c[nH]c2ccccc12)c1ccc(N2CCOCC2)cc1. The lowest BCUT2D eigenvalue weighted by atomic mass is 10.0. The van der Waals surface area contributed by atoms with E-state index in [1.54, 1.807) is 0 Å². The van der Waals surface area contributed by atoms with Gasteiger partial charge >= 0.3 is 0 Å². The summed E-state index contributed by atoms with van der Waals surface area (Å²) in [5.74, 6) is -0.174. The summed E-state index contributed by atoms with van der Waals surface area (Å²) >= 11 is 0. The monoisotopic (exact) mass is 379 g/mol. The first-order valence-corrected chi connectivity index (χ1v) is 9.64. The maximum atomic E-state index is 12.6. The summed E-state index contributed by atoms with van der Waals surface area (Å²) in [6.07, 6.45) is 2.51. The number of aromatic nitrogens is 1. The Morgan fingerprint density at radius 3 is 2.64 bits per heavy atom. The van der Waals surface area contributed by atoms with Gasteiger partial charge in [-0.2, -0.15) is 0 Å². The normalized spacial score (nSPS) is 15.5. The van der Waals surface area contributed by atoms with Crippen LogP contribution in [0.4, 0.5) is 5.69 Å². The van der Waals surface area contributed by atoms with Gasteiger partial charge in [-0.05, 0) is 42.3 Å². The van der Waals surface area contributed by atoms with Gasteiger partial charge in [-0.1, -0.05) is 18.2 Å². The molecule has 0 radical (unpaired) electrons. The number of anilines is 1. The van der Waals surface area contributed by atoms with Crippen molar-refractivity contribution in [2.75, 3.05) is 37.8 Å². The Morgan fingerprint density at radius 1 is 1.14 bits per heavy atom. The van der Waals surface area contributed by atoms with Crippen LogP contribution in [0.1, 0.15) is 15.9 Å². The fraction of sp³-hybridized carbons (Fsp3) is 0.318. The molecule has 3 aromatic rings. The number of H-pyrrole nitrogens is 1. The number of morpholine rings is 1. The number of carbonyl (C=O) groups excluding carboxylic acids is 1. The molecule has 3 N–H and O–H groups in total. The van der Waals surface area contributed by atoms with E-state index in [1.807, 2.05) is 54.7 Å². The summed E-state index contributed by atoms with van der Waals surface area (Å²) in [6, 6.07) is 15.3. The van der Waals surface area contributed by atoms with Crippen molar-refractivity contribution in [3.05, 3.63) is 65.9 Å². The van der Waals surface area contributed by atoms with E-state index in [9.17, 15) is 9.90 Å². The van der Waals surface area contributed by atoms with Crippen molar-refractivity contribution in [3.8, 4) is 0 Å². The number of rotatable bonds is 6. The zero-order valence-corrected chi connectivity index (χ0v) is 15.7. The summed E-state index contributed by atoms with van der Waals surface area (Å²) < 4.78 is 5.38. The van der Waals surface area contributed by atoms with Crippen LogP contribution in [0, 0.1) is 0 Å². The third-order valence-electron chi connectivity index (χ3n) is 5.20. The van der Waals surface area contributed by atoms with Crippen molar-refractivity contribution in [2.45, 2.75) is 12.5 Å². The molecule has 0 spiro atoms. The van der Waals surface area contributed by atoms with Crippen LogP contribution in [-0.4, -0.2) is 54.9 Å². The molecule has 1 aromatic heterocycles. The smallest absolute Gasteiger partial charge is 0.251 e. The highest BCUT2D eigenvalue weighted by atomic mass is 16.5. The molecule has 1 amide bonds. The standard InChI is InChI=1S/C22H25N3O3/c26-15-18(13-17-14-23-21-4-2-1-3-20(17)21)24-22(27)16-5-7-19(8-6-16)25-9-11-28-12-10-25/h1-8,14,18,23,26H,9-13,15H2,(H,24,27)/t18-/m0/s1. The van der Waals surface area contributed by atoms with E-state index in [-0.39, 0.29) is 18.6 Å². The molecule has 0 saturated carbocycles. The average molecular weight is 379 g/mol. The van der Waals surface area contributed by atoms with Crippen molar-refractivity contribution >= 4 is 22.5 Å².